The molecule has 0 heterocycles. The summed E-state index contributed by atoms with van der Waals surface area (Å²) in [6.45, 7) is 0.476. The first-order valence-corrected chi connectivity index (χ1v) is 1.77. The van der Waals surface area contributed by atoms with E-state index in [1.165, 1.54) is 6.21 Å². The molecule has 0 saturated carbocycles. The molecular weight excluding hydrogens is 80.0 g/mol. The van der Waals surface area contributed by atoms with E-state index in [1.807, 2.05) is 5.48 Å². The van der Waals surface area contributed by atoms with Gasteiger partial charge in [-0.15, -0.1) is 0 Å². The van der Waals surface area contributed by atoms with E-state index < -0.39 is 0 Å². The summed E-state index contributed by atoms with van der Waals surface area (Å²) in [6, 6.07) is 0. The van der Waals surface area contributed by atoms with Crippen LogP contribution in [0.15, 0.2) is 0 Å². The second kappa shape index (κ2) is 4.59. The molecule has 0 amide bonds. The molecule has 3 nitrogen and oxygen atoms in total. The summed E-state index contributed by atoms with van der Waals surface area (Å²) < 4.78 is 0. The molecule has 0 aliphatic heterocycles. The smallest absolute Gasteiger partial charge is 0.0256 e. The lowest BCUT2D eigenvalue weighted by atomic mass is 10.5. The highest BCUT2D eigenvalue weighted by atomic mass is 16.5. The monoisotopic (exact) mass is 88.1 g/mol. The standard InChI is InChI=1S/C3H8N2O/c4-2-1-3-5-6/h2,4-6H,1,3H2. The van der Waals surface area contributed by atoms with E-state index in [0.717, 1.165) is 0 Å². The summed E-state index contributed by atoms with van der Waals surface area (Å²) in [5.74, 6) is 0. The minimum absolute atomic E-state index is 0.476. The summed E-state index contributed by atoms with van der Waals surface area (Å²) >= 11 is 0. The van der Waals surface area contributed by atoms with Crippen molar-refractivity contribution in [3.63, 3.8) is 0 Å². The van der Waals surface area contributed by atoms with E-state index in [-0.39, 0.29) is 0 Å². The molecule has 0 aliphatic rings. The lowest BCUT2D eigenvalue weighted by Crippen LogP contribution is -2.08. The highest BCUT2D eigenvalue weighted by Crippen LogP contribution is 1.60. The molecule has 6 heavy (non-hydrogen) atoms. The van der Waals surface area contributed by atoms with Crippen LogP contribution in [0.25, 0.3) is 0 Å². The first kappa shape index (κ1) is 5.59. The third-order valence-electron chi connectivity index (χ3n) is 0.400. The van der Waals surface area contributed by atoms with Crippen molar-refractivity contribution in [1.29, 1.82) is 5.41 Å². The number of hydrogen-bond acceptors (Lipinski definition) is 3. The van der Waals surface area contributed by atoms with Crippen molar-refractivity contribution in [2.45, 2.75) is 6.42 Å². The van der Waals surface area contributed by atoms with Crippen molar-refractivity contribution in [1.82, 2.24) is 5.48 Å². The van der Waals surface area contributed by atoms with Crippen molar-refractivity contribution in [2.24, 2.45) is 0 Å². The fraction of sp³-hybridized carbons (Fsp3) is 0.667. The van der Waals surface area contributed by atoms with E-state index in [2.05, 4.69) is 0 Å². The fourth-order valence-electron chi connectivity index (χ4n) is 0.137. The van der Waals surface area contributed by atoms with Gasteiger partial charge >= 0.3 is 0 Å². The van der Waals surface area contributed by atoms with Gasteiger partial charge in [0.05, 0.1) is 0 Å². The number of hydroxylamine groups is 1. The van der Waals surface area contributed by atoms with Crippen LogP contribution < -0.4 is 5.48 Å². The Morgan fingerprint density at radius 1 is 1.83 bits per heavy atom. The lowest BCUT2D eigenvalue weighted by molar-refractivity contribution is 0.170. The zero-order chi connectivity index (χ0) is 4.83. The third kappa shape index (κ3) is 3.59. The Morgan fingerprint density at radius 3 is 2.67 bits per heavy atom. The molecule has 36 valence electrons. The number of hydrogen-bond donors (Lipinski definition) is 3. The SMILES string of the molecule is N=CCCNO. The largest absolute Gasteiger partial charge is 0.317 e. The highest BCUT2D eigenvalue weighted by Gasteiger charge is 1.71. The molecule has 0 rings (SSSR count). The zero-order valence-corrected chi connectivity index (χ0v) is 3.44. The van der Waals surface area contributed by atoms with E-state index in [1.54, 1.807) is 0 Å². The Hall–Kier alpha value is -0.410. The molecular formula is C3H8N2O. The Kier molecular flexibility index (Phi) is 4.28. The van der Waals surface area contributed by atoms with Gasteiger partial charge in [0.2, 0.25) is 0 Å². The fourth-order valence-corrected chi connectivity index (χ4v) is 0.137. The summed E-state index contributed by atoms with van der Waals surface area (Å²) in [5, 5.41) is 14.3. The second-order valence-electron chi connectivity index (χ2n) is 0.901. The Balaban J connectivity index is 2.49. The quantitative estimate of drug-likeness (QED) is 0.258. The molecule has 0 aromatic carbocycles. The molecule has 0 spiro atoms. The molecule has 0 unspecified atom stereocenters. The van der Waals surface area contributed by atoms with Crippen molar-refractivity contribution >= 4 is 6.21 Å². The van der Waals surface area contributed by atoms with Gasteiger partial charge in [-0.05, 0) is 12.6 Å². The van der Waals surface area contributed by atoms with Gasteiger partial charge in [-0.3, -0.25) is 0 Å². The van der Waals surface area contributed by atoms with Crippen LogP contribution in [-0.4, -0.2) is 18.0 Å². The minimum Gasteiger partial charge on any atom is -0.317 e. The molecule has 0 bridgehead atoms. The molecule has 0 aromatic rings. The molecule has 0 aliphatic carbocycles. The molecule has 3 N–H and O–H groups in total. The van der Waals surface area contributed by atoms with Crippen LogP contribution in [0.5, 0.6) is 0 Å². The molecule has 0 aromatic heterocycles. The first-order chi connectivity index (χ1) is 2.91. The summed E-state index contributed by atoms with van der Waals surface area (Å²) in [5.41, 5.74) is 1.92. The second-order valence-corrected chi connectivity index (χ2v) is 0.901. The average Bonchev–Trinajstić information content (AvgIpc) is 1.61. The van der Waals surface area contributed by atoms with Crippen LogP contribution in [-0.2, 0) is 0 Å². The topological polar surface area (TPSA) is 56.1 Å². The molecule has 0 atom stereocenters. The predicted molar refractivity (Wildman–Crippen MR) is 23.2 cm³/mol. The van der Waals surface area contributed by atoms with Gasteiger partial charge < -0.3 is 10.6 Å². The average molecular weight is 88.1 g/mol. The van der Waals surface area contributed by atoms with Gasteiger partial charge in [0.25, 0.3) is 0 Å². The zero-order valence-electron chi connectivity index (χ0n) is 3.44. The highest BCUT2D eigenvalue weighted by molar-refractivity contribution is 5.52. The van der Waals surface area contributed by atoms with Crippen molar-refractivity contribution < 1.29 is 5.21 Å². The molecule has 3 heteroatoms. The molecule has 0 fully saturated rings. The van der Waals surface area contributed by atoms with Gasteiger partial charge in [-0.25, -0.2) is 5.48 Å². The van der Waals surface area contributed by atoms with Crippen LogP contribution >= 0.6 is 0 Å². The summed E-state index contributed by atoms with van der Waals surface area (Å²) in [4.78, 5) is 0. The van der Waals surface area contributed by atoms with Crippen LogP contribution in [0.4, 0.5) is 0 Å². The van der Waals surface area contributed by atoms with Crippen LogP contribution in [0.2, 0.25) is 0 Å². The summed E-state index contributed by atoms with van der Waals surface area (Å²) in [7, 11) is 0. The Bertz CT molecular complexity index is 37.8. The Morgan fingerprint density at radius 2 is 2.50 bits per heavy atom. The maximum absolute atomic E-state index is 7.84. The third-order valence-corrected chi connectivity index (χ3v) is 0.400. The van der Waals surface area contributed by atoms with E-state index in [4.69, 9.17) is 10.6 Å². The maximum atomic E-state index is 7.84. The molecule has 0 radical (unpaired) electrons. The van der Waals surface area contributed by atoms with Crippen LogP contribution in [0, 0.1) is 5.41 Å². The van der Waals surface area contributed by atoms with Crippen LogP contribution in [0.1, 0.15) is 6.42 Å². The van der Waals surface area contributed by atoms with Crippen molar-refractivity contribution in [3.05, 3.63) is 0 Å². The van der Waals surface area contributed by atoms with Crippen LogP contribution in [0.3, 0.4) is 0 Å². The molecule has 0 saturated heterocycles. The predicted octanol–water partition coefficient (Wildman–Crippen LogP) is 0.00487. The first-order valence-electron chi connectivity index (χ1n) is 1.77. The maximum Gasteiger partial charge on any atom is 0.0256 e. The van der Waals surface area contributed by atoms with Gasteiger partial charge in [-0.2, -0.15) is 0 Å². The van der Waals surface area contributed by atoms with E-state index >= 15 is 0 Å². The number of rotatable bonds is 3. The van der Waals surface area contributed by atoms with Crippen molar-refractivity contribution in [2.75, 3.05) is 6.54 Å². The van der Waals surface area contributed by atoms with E-state index in [0.29, 0.717) is 13.0 Å². The Labute approximate surface area is 36.5 Å². The summed E-state index contributed by atoms with van der Waals surface area (Å²) in [6.07, 6.45) is 1.83. The van der Waals surface area contributed by atoms with Gasteiger partial charge in [0.1, 0.15) is 0 Å². The van der Waals surface area contributed by atoms with Gasteiger partial charge in [0.15, 0.2) is 0 Å². The minimum atomic E-state index is 0.476. The number of nitrogens with one attached hydrogen (secondary N) is 2. The normalized spacial score (nSPS) is 8.17. The van der Waals surface area contributed by atoms with Crippen molar-refractivity contribution in [3.8, 4) is 0 Å². The van der Waals surface area contributed by atoms with Gasteiger partial charge in [-0.1, -0.05) is 0 Å². The lowest BCUT2D eigenvalue weighted by Gasteiger charge is -1.84. The van der Waals surface area contributed by atoms with E-state index in [9.17, 15) is 0 Å². The van der Waals surface area contributed by atoms with Gasteiger partial charge in [0, 0.05) is 6.54 Å².